The molecule has 0 N–H and O–H groups in total. The highest BCUT2D eigenvalue weighted by Gasteiger charge is 2.39. The molecule has 3 heteroatoms. The lowest BCUT2D eigenvalue weighted by Crippen LogP contribution is -2.23. The van der Waals surface area contributed by atoms with E-state index in [0.717, 1.165) is 22.3 Å². The van der Waals surface area contributed by atoms with Gasteiger partial charge in [0, 0.05) is 16.2 Å². The van der Waals surface area contributed by atoms with Crippen molar-refractivity contribution in [1.82, 2.24) is 0 Å². The quantitative estimate of drug-likeness (QED) is 0.253. The predicted molar refractivity (Wildman–Crippen MR) is 141 cm³/mol. The second-order valence-corrected chi connectivity index (χ2v) is 10.7. The molecule has 5 rings (SSSR count). The van der Waals surface area contributed by atoms with Crippen LogP contribution in [0.1, 0.15) is 10.4 Å². The van der Waals surface area contributed by atoms with Crippen LogP contribution in [0.5, 0.6) is 0 Å². The van der Waals surface area contributed by atoms with Crippen LogP contribution in [0.4, 0.5) is 0 Å². The van der Waals surface area contributed by atoms with Crippen molar-refractivity contribution < 1.29 is 9.36 Å². The Morgan fingerprint density at radius 3 is 1.18 bits per heavy atom. The molecule has 34 heavy (non-hydrogen) atoms. The van der Waals surface area contributed by atoms with Gasteiger partial charge in [-0.2, -0.15) is 0 Å². The third kappa shape index (κ3) is 3.94. The highest BCUT2D eigenvalue weighted by atomic mass is 31.2. The molecule has 0 fully saturated rings. The van der Waals surface area contributed by atoms with Crippen LogP contribution in [0, 0.1) is 0 Å². The van der Waals surface area contributed by atoms with Gasteiger partial charge in [0.05, 0.1) is 0 Å². The fourth-order valence-electron chi connectivity index (χ4n) is 4.32. The Bertz CT molecular complexity index is 1360. The molecule has 0 spiro atoms. The number of carbonyl (C=O) groups is 1. The molecule has 0 saturated heterocycles. The van der Waals surface area contributed by atoms with Crippen LogP contribution >= 0.6 is 7.14 Å². The van der Waals surface area contributed by atoms with Crippen molar-refractivity contribution in [1.29, 1.82) is 0 Å². The fourth-order valence-corrected chi connectivity index (χ4v) is 6.82. The molecule has 2 nitrogen and oxygen atoms in total. The number of rotatable bonds is 6. The zero-order valence-electron chi connectivity index (χ0n) is 18.5. The van der Waals surface area contributed by atoms with Gasteiger partial charge in [0.15, 0.2) is 0 Å². The van der Waals surface area contributed by atoms with E-state index >= 15 is 0 Å². The standard InChI is InChI=1S/C31H23O2P/c32-31(34(33,26-18-9-3-10-19-26)27-20-11-4-12-21-27)30-28(24-14-5-1-6-15-24)22-13-23-29(30)25-16-7-2-8-17-25/h1-23H. The average molecular weight is 458 g/mol. The van der Waals surface area contributed by atoms with Crippen LogP contribution in [0.25, 0.3) is 22.3 Å². The number of carbonyl (C=O) groups excluding carboxylic acids is 1. The van der Waals surface area contributed by atoms with Gasteiger partial charge < -0.3 is 4.57 Å². The second-order valence-electron chi connectivity index (χ2n) is 8.05. The first-order valence-corrected chi connectivity index (χ1v) is 12.9. The Balaban J connectivity index is 1.83. The molecule has 0 amide bonds. The van der Waals surface area contributed by atoms with E-state index in [1.165, 1.54) is 0 Å². The Hall–Kier alpha value is -4.00. The lowest BCUT2D eigenvalue weighted by atomic mass is 9.92. The molecular formula is C31H23O2P. The maximum absolute atomic E-state index is 14.9. The van der Waals surface area contributed by atoms with Gasteiger partial charge >= 0.3 is 0 Å². The molecule has 0 aliphatic rings. The Kier molecular flexibility index (Phi) is 6.08. The van der Waals surface area contributed by atoms with Crippen LogP contribution in [-0.2, 0) is 4.57 Å². The van der Waals surface area contributed by atoms with Gasteiger partial charge in [-0.3, -0.25) is 4.79 Å². The van der Waals surface area contributed by atoms with Crippen LogP contribution in [0.3, 0.4) is 0 Å². The number of hydrogen-bond donors (Lipinski definition) is 0. The van der Waals surface area contributed by atoms with E-state index in [9.17, 15) is 9.36 Å². The highest BCUT2D eigenvalue weighted by molar-refractivity contribution is 7.93. The van der Waals surface area contributed by atoms with E-state index in [-0.39, 0.29) is 5.52 Å². The maximum atomic E-state index is 14.9. The normalized spacial score (nSPS) is 11.2. The van der Waals surface area contributed by atoms with Crippen molar-refractivity contribution in [2.75, 3.05) is 0 Å². The lowest BCUT2D eigenvalue weighted by Gasteiger charge is -2.22. The Morgan fingerprint density at radius 1 is 0.441 bits per heavy atom. The summed E-state index contributed by atoms with van der Waals surface area (Å²) >= 11 is 0. The highest BCUT2D eigenvalue weighted by Crippen LogP contribution is 2.50. The monoisotopic (exact) mass is 458 g/mol. The summed E-state index contributed by atoms with van der Waals surface area (Å²) in [6, 6.07) is 43.7. The van der Waals surface area contributed by atoms with Crippen LogP contribution in [0.15, 0.2) is 140 Å². The van der Waals surface area contributed by atoms with Crippen molar-refractivity contribution in [3.05, 3.63) is 145 Å². The van der Waals surface area contributed by atoms with E-state index in [0.29, 0.717) is 16.2 Å². The minimum atomic E-state index is -3.67. The molecule has 0 aliphatic carbocycles. The van der Waals surface area contributed by atoms with Gasteiger partial charge in [0.25, 0.3) is 0 Å². The van der Waals surface area contributed by atoms with Crippen molar-refractivity contribution in [2.45, 2.75) is 0 Å². The van der Waals surface area contributed by atoms with E-state index in [2.05, 4.69) is 0 Å². The van der Waals surface area contributed by atoms with Crippen LogP contribution in [0.2, 0.25) is 0 Å². The summed E-state index contributed by atoms with van der Waals surface area (Å²) < 4.78 is 14.9. The van der Waals surface area contributed by atoms with E-state index in [1.807, 2.05) is 115 Å². The van der Waals surface area contributed by atoms with Gasteiger partial charge in [0.2, 0.25) is 12.7 Å². The summed E-state index contributed by atoms with van der Waals surface area (Å²) in [6.07, 6.45) is 0. The molecule has 0 unspecified atom stereocenters. The third-order valence-corrected chi connectivity index (χ3v) is 8.82. The van der Waals surface area contributed by atoms with E-state index in [1.54, 1.807) is 24.3 Å². The van der Waals surface area contributed by atoms with Gasteiger partial charge in [-0.25, -0.2) is 0 Å². The molecule has 0 bridgehead atoms. The van der Waals surface area contributed by atoms with Gasteiger partial charge in [-0.1, -0.05) is 140 Å². The molecule has 0 radical (unpaired) electrons. The molecule has 0 atom stereocenters. The molecule has 5 aromatic carbocycles. The van der Waals surface area contributed by atoms with Gasteiger partial charge in [-0.05, 0) is 22.3 Å². The zero-order chi connectivity index (χ0) is 23.4. The maximum Gasteiger partial charge on any atom is 0.231 e. The van der Waals surface area contributed by atoms with Crippen molar-refractivity contribution in [3.63, 3.8) is 0 Å². The SMILES string of the molecule is O=C(c1c(-c2ccccc2)cccc1-c1ccccc1)P(=O)(c1ccccc1)c1ccccc1. The first kappa shape index (κ1) is 21.8. The summed E-state index contributed by atoms with van der Waals surface area (Å²) in [7, 11) is -3.67. The topological polar surface area (TPSA) is 34.1 Å². The first-order chi connectivity index (χ1) is 16.7. The predicted octanol–water partition coefficient (Wildman–Crippen LogP) is 7.17. The smallest absolute Gasteiger partial charge is 0.231 e. The third-order valence-electron chi connectivity index (χ3n) is 5.97. The molecule has 0 aromatic heterocycles. The van der Waals surface area contributed by atoms with Gasteiger partial charge in [0.1, 0.15) is 0 Å². The Labute approximate surface area is 199 Å². The minimum absolute atomic E-state index is 0.358. The summed E-state index contributed by atoms with van der Waals surface area (Å²) in [5.74, 6) is 0. The molecule has 5 aromatic rings. The average Bonchev–Trinajstić information content (AvgIpc) is 2.93. The van der Waals surface area contributed by atoms with Gasteiger partial charge in [-0.15, -0.1) is 0 Å². The summed E-state index contributed by atoms with van der Waals surface area (Å²) in [5.41, 5.74) is 3.50. The summed E-state index contributed by atoms with van der Waals surface area (Å²) in [5, 5.41) is 1.07. The van der Waals surface area contributed by atoms with Crippen molar-refractivity contribution in [2.24, 2.45) is 0 Å². The van der Waals surface area contributed by atoms with E-state index < -0.39 is 7.14 Å². The molecular weight excluding hydrogens is 435 g/mol. The molecule has 0 aliphatic heterocycles. The summed E-state index contributed by atoms with van der Waals surface area (Å²) in [4.78, 5) is 14.6. The fraction of sp³-hybridized carbons (Fsp3) is 0. The zero-order valence-corrected chi connectivity index (χ0v) is 19.4. The van der Waals surface area contributed by atoms with Crippen LogP contribution < -0.4 is 10.6 Å². The lowest BCUT2D eigenvalue weighted by molar-refractivity contribution is 0.107. The molecule has 0 saturated carbocycles. The number of hydrogen-bond acceptors (Lipinski definition) is 2. The Morgan fingerprint density at radius 2 is 0.794 bits per heavy atom. The minimum Gasteiger partial charge on any atom is -0.305 e. The van der Waals surface area contributed by atoms with E-state index in [4.69, 9.17) is 0 Å². The van der Waals surface area contributed by atoms with Crippen LogP contribution in [-0.4, -0.2) is 5.52 Å². The largest absolute Gasteiger partial charge is 0.305 e. The van der Waals surface area contributed by atoms with Crippen molar-refractivity contribution >= 4 is 23.3 Å². The molecule has 164 valence electrons. The number of benzene rings is 5. The second kappa shape index (κ2) is 9.47. The van der Waals surface area contributed by atoms with Crippen molar-refractivity contribution in [3.8, 4) is 22.3 Å². The summed E-state index contributed by atoms with van der Waals surface area (Å²) in [6.45, 7) is 0. The first-order valence-electron chi connectivity index (χ1n) is 11.2. The molecule has 0 heterocycles.